The summed E-state index contributed by atoms with van der Waals surface area (Å²) < 4.78 is 31.5. The zero-order chi connectivity index (χ0) is 25.1. The maximum absolute atomic E-state index is 12.8. The van der Waals surface area contributed by atoms with E-state index in [4.69, 9.17) is 28.4 Å². The van der Waals surface area contributed by atoms with E-state index in [9.17, 15) is 14.4 Å². The summed E-state index contributed by atoms with van der Waals surface area (Å²) in [7, 11) is 2.97. The summed E-state index contributed by atoms with van der Waals surface area (Å²) in [6.45, 7) is 4.17. The molecule has 1 aromatic carbocycles. The van der Waals surface area contributed by atoms with Crippen molar-refractivity contribution in [3.05, 3.63) is 42.2 Å². The molecule has 0 saturated carbocycles. The van der Waals surface area contributed by atoms with E-state index in [1.807, 2.05) is 0 Å². The highest BCUT2D eigenvalue weighted by Gasteiger charge is 2.25. The van der Waals surface area contributed by atoms with Gasteiger partial charge in [-0.05, 0) is 31.2 Å². The Kier molecular flexibility index (Phi) is 10.1. The SMILES string of the molecule is COc1ccc(O[C@@H](C)COC(=O)[C@H](C)CC(=O)c2nccc(OC)c2OCOC(C)=O)cc1. The maximum atomic E-state index is 12.8. The number of benzene rings is 1. The monoisotopic (exact) mass is 475 g/mol. The van der Waals surface area contributed by atoms with Crippen molar-refractivity contribution in [2.45, 2.75) is 33.3 Å². The van der Waals surface area contributed by atoms with E-state index in [1.165, 1.54) is 26.3 Å². The zero-order valence-electron chi connectivity index (χ0n) is 19.9. The molecule has 0 aliphatic heterocycles. The van der Waals surface area contributed by atoms with Crippen molar-refractivity contribution in [2.75, 3.05) is 27.6 Å². The van der Waals surface area contributed by atoms with E-state index < -0.39 is 36.5 Å². The Labute approximate surface area is 198 Å². The molecule has 0 fully saturated rings. The molecule has 0 spiro atoms. The van der Waals surface area contributed by atoms with Crippen LogP contribution in [0.4, 0.5) is 0 Å². The summed E-state index contributed by atoms with van der Waals surface area (Å²) in [6.07, 6.45) is 0.810. The minimum absolute atomic E-state index is 0.0115. The smallest absolute Gasteiger partial charge is 0.309 e. The maximum Gasteiger partial charge on any atom is 0.309 e. The van der Waals surface area contributed by atoms with Gasteiger partial charge >= 0.3 is 11.9 Å². The van der Waals surface area contributed by atoms with Crippen LogP contribution in [0.15, 0.2) is 36.5 Å². The Balaban J connectivity index is 1.92. The summed E-state index contributed by atoms with van der Waals surface area (Å²) in [5.74, 6) is -0.711. The molecule has 0 amide bonds. The third-order valence-electron chi connectivity index (χ3n) is 4.57. The number of aromatic nitrogens is 1. The van der Waals surface area contributed by atoms with Crippen LogP contribution in [-0.4, -0.2) is 56.4 Å². The van der Waals surface area contributed by atoms with E-state index in [-0.39, 0.29) is 30.2 Å². The summed E-state index contributed by atoms with van der Waals surface area (Å²) in [5.41, 5.74) is -0.0395. The third kappa shape index (κ3) is 7.95. The standard InChI is InChI=1S/C24H29NO9/c1-15(24(28)31-13-16(2)34-19-8-6-18(29-4)7-9-19)12-20(27)22-23(33-14-32-17(3)26)21(30-5)10-11-25-22/h6-11,15-16H,12-14H2,1-5H3/t15-,16+/m1/s1. The molecule has 0 aliphatic carbocycles. The highest BCUT2D eigenvalue weighted by molar-refractivity contribution is 5.99. The van der Waals surface area contributed by atoms with Crippen molar-refractivity contribution >= 4 is 17.7 Å². The van der Waals surface area contributed by atoms with Crippen LogP contribution in [-0.2, 0) is 19.1 Å². The molecule has 184 valence electrons. The van der Waals surface area contributed by atoms with E-state index in [0.717, 1.165) is 0 Å². The largest absolute Gasteiger partial charge is 0.497 e. The molecular formula is C24H29NO9. The first-order valence-electron chi connectivity index (χ1n) is 10.5. The number of methoxy groups -OCH3 is 2. The fraction of sp³-hybridized carbons (Fsp3) is 0.417. The number of Topliss-reactive ketones (excluding diaryl/α,β-unsaturated/α-hetero) is 1. The molecule has 0 bridgehead atoms. The van der Waals surface area contributed by atoms with Crippen LogP contribution in [0.3, 0.4) is 0 Å². The van der Waals surface area contributed by atoms with Crippen molar-refractivity contribution in [3.8, 4) is 23.0 Å². The molecule has 2 rings (SSSR count). The molecule has 0 saturated heterocycles. The van der Waals surface area contributed by atoms with Gasteiger partial charge in [0.15, 0.2) is 23.0 Å². The predicted molar refractivity (Wildman–Crippen MR) is 120 cm³/mol. The topological polar surface area (TPSA) is 119 Å². The molecule has 10 heteroatoms. The van der Waals surface area contributed by atoms with Crippen molar-refractivity contribution in [3.63, 3.8) is 0 Å². The highest BCUT2D eigenvalue weighted by atomic mass is 16.7. The van der Waals surface area contributed by atoms with Gasteiger partial charge in [0.25, 0.3) is 0 Å². The fourth-order valence-electron chi connectivity index (χ4n) is 2.82. The number of hydrogen-bond donors (Lipinski definition) is 0. The molecule has 2 atom stereocenters. The lowest BCUT2D eigenvalue weighted by atomic mass is 10.0. The first-order valence-corrected chi connectivity index (χ1v) is 10.5. The molecule has 0 radical (unpaired) electrons. The lowest BCUT2D eigenvalue weighted by molar-refractivity contribution is -0.150. The van der Waals surface area contributed by atoms with Crippen molar-refractivity contribution in [2.24, 2.45) is 5.92 Å². The van der Waals surface area contributed by atoms with Gasteiger partial charge in [-0.3, -0.25) is 14.4 Å². The summed E-state index contributed by atoms with van der Waals surface area (Å²) in [5, 5.41) is 0. The average molecular weight is 475 g/mol. The van der Waals surface area contributed by atoms with E-state index >= 15 is 0 Å². The molecule has 1 aromatic heterocycles. The summed E-state index contributed by atoms with van der Waals surface area (Å²) in [4.78, 5) is 40.3. The van der Waals surface area contributed by atoms with Crippen LogP contribution in [0.2, 0.25) is 0 Å². The number of rotatable bonds is 13. The molecule has 1 heterocycles. The number of nitrogens with zero attached hydrogens (tertiary/aromatic N) is 1. The second-order valence-electron chi connectivity index (χ2n) is 7.35. The minimum Gasteiger partial charge on any atom is -0.497 e. The molecule has 0 unspecified atom stereocenters. The summed E-state index contributed by atoms with van der Waals surface area (Å²) in [6, 6.07) is 8.53. The molecular weight excluding hydrogens is 446 g/mol. The number of pyridine rings is 1. The number of esters is 2. The van der Waals surface area contributed by atoms with E-state index in [1.54, 1.807) is 45.2 Å². The van der Waals surface area contributed by atoms with Gasteiger partial charge in [-0.15, -0.1) is 0 Å². The van der Waals surface area contributed by atoms with Crippen LogP contribution in [0.1, 0.15) is 37.7 Å². The van der Waals surface area contributed by atoms with E-state index in [2.05, 4.69) is 4.98 Å². The van der Waals surface area contributed by atoms with Crippen LogP contribution in [0.5, 0.6) is 23.0 Å². The second kappa shape index (κ2) is 13.0. The van der Waals surface area contributed by atoms with Gasteiger partial charge in [0.1, 0.15) is 24.2 Å². The molecule has 2 aromatic rings. The Morgan fingerprint density at radius 3 is 2.24 bits per heavy atom. The zero-order valence-corrected chi connectivity index (χ0v) is 19.9. The van der Waals surface area contributed by atoms with E-state index in [0.29, 0.717) is 11.5 Å². The number of ketones is 1. The van der Waals surface area contributed by atoms with Gasteiger partial charge in [0.05, 0.1) is 20.1 Å². The van der Waals surface area contributed by atoms with Crippen molar-refractivity contribution in [1.29, 1.82) is 0 Å². The van der Waals surface area contributed by atoms with Crippen LogP contribution < -0.4 is 18.9 Å². The van der Waals surface area contributed by atoms with Crippen LogP contribution in [0.25, 0.3) is 0 Å². The minimum atomic E-state index is -0.741. The van der Waals surface area contributed by atoms with Gasteiger partial charge < -0.3 is 28.4 Å². The van der Waals surface area contributed by atoms with Gasteiger partial charge in [-0.25, -0.2) is 4.98 Å². The summed E-state index contributed by atoms with van der Waals surface area (Å²) >= 11 is 0. The predicted octanol–water partition coefficient (Wildman–Crippen LogP) is 3.22. The Morgan fingerprint density at radius 2 is 1.62 bits per heavy atom. The highest BCUT2D eigenvalue weighted by Crippen LogP contribution is 2.31. The van der Waals surface area contributed by atoms with Gasteiger partial charge in [0, 0.05) is 25.6 Å². The van der Waals surface area contributed by atoms with Crippen LogP contribution in [0, 0.1) is 5.92 Å². The average Bonchev–Trinajstić information content (AvgIpc) is 2.82. The molecule has 0 N–H and O–H groups in total. The second-order valence-corrected chi connectivity index (χ2v) is 7.35. The van der Waals surface area contributed by atoms with Gasteiger partial charge in [0.2, 0.25) is 6.79 Å². The fourth-order valence-corrected chi connectivity index (χ4v) is 2.82. The number of ether oxygens (including phenoxy) is 6. The molecule has 34 heavy (non-hydrogen) atoms. The van der Waals surface area contributed by atoms with Gasteiger partial charge in [-0.2, -0.15) is 0 Å². The molecule has 10 nitrogen and oxygen atoms in total. The Morgan fingerprint density at radius 1 is 0.941 bits per heavy atom. The normalized spacial score (nSPS) is 12.1. The number of carbonyl (C=O) groups is 3. The number of carbonyl (C=O) groups excluding carboxylic acids is 3. The Bertz CT molecular complexity index is 975. The van der Waals surface area contributed by atoms with Crippen molar-refractivity contribution in [1.82, 2.24) is 4.98 Å². The Hall–Kier alpha value is -3.82. The van der Waals surface area contributed by atoms with Gasteiger partial charge in [-0.1, -0.05) is 6.92 Å². The van der Waals surface area contributed by atoms with Crippen LogP contribution >= 0.6 is 0 Å². The molecule has 0 aliphatic rings. The first-order chi connectivity index (χ1) is 16.2. The quantitative estimate of drug-likeness (QED) is 0.243. The lowest BCUT2D eigenvalue weighted by Crippen LogP contribution is -2.25. The first kappa shape index (κ1) is 26.4. The van der Waals surface area contributed by atoms with Crippen molar-refractivity contribution < 1.29 is 42.8 Å². The lowest BCUT2D eigenvalue weighted by Gasteiger charge is -2.17. The number of hydrogen-bond acceptors (Lipinski definition) is 10. The third-order valence-corrected chi connectivity index (χ3v) is 4.57.